The quantitative estimate of drug-likeness (QED) is 0.582. The van der Waals surface area contributed by atoms with Crippen LogP contribution in [0, 0.1) is 51.8 Å². The molecule has 0 aromatic carbocycles. The molecule has 4 fully saturated rings. The van der Waals surface area contributed by atoms with E-state index in [0.717, 1.165) is 32.3 Å². The Labute approximate surface area is 172 Å². The molecule has 0 aliphatic heterocycles. The molecule has 28 heavy (non-hydrogen) atoms. The first-order valence-corrected chi connectivity index (χ1v) is 12.0. The third-order valence-corrected chi connectivity index (χ3v) is 8.97. The molecule has 0 amide bonds. The van der Waals surface area contributed by atoms with Crippen LogP contribution in [0.15, 0.2) is 0 Å². The van der Waals surface area contributed by atoms with Crippen LogP contribution in [0.3, 0.4) is 0 Å². The van der Waals surface area contributed by atoms with E-state index in [-0.39, 0.29) is 22.7 Å². The van der Waals surface area contributed by atoms with Crippen LogP contribution in [0.2, 0.25) is 0 Å². The summed E-state index contributed by atoms with van der Waals surface area (Å²) in [7, 11) is 0. The number of carbonyl (C=O) groups is 1. The van der Waals surface area contributed by atoms with Gasteiger partial charge >= 0.3 is 0 Å². The van der Waals surface area contributed by atoms with Gasteiger partial charge < -0.3 is 4.74 Å². The summed E-state index contributed by atoms with van der Waals surface area (Å²) < 4.78 is 6.15. The van der Waals surface area contributed by atoms with Gasteiger partial charge in [-0.1, -0.05) is 34.6 Å². The zero-order valence-corrected chi connectivity index (χ0v) is 18.8. The predicted octanol–water partition coefficient (Wildman–Crippen LogP) is 6.17. The van der Waals surface area contributed by atoms with Crippen LogP contribution >= 0.6 is 0 Å². The molecular formula is C25H41NO2. The lowest BCUT2D eigenvalue weighted by molar-refractivity contribution is -0.164. The molecule has 0 radical (unpaired) electrons. The Morgan fingerprint density at radius 2 is 1.79 bits per heavy atom. The van der Waals surface area contributed by atoms with Crippen molar-refractivity contribution >= 4 is 5.78 Å². The summed E-state index contributed by atoms with van der Waals surface area (Å²) in [6, 6.07) is 2.54. The highest BCUT2D eigenvalue weighted by Crippen LogP contribution is 2.66. The fourth-order valence-corrected chi connectivity index (χ4v) is 7.77. The smallest absolute Gasteiger partial charge is 0.137 e. The molecule has 4 aliphatic rings. The van der Waals surface area contributed by atoms with E-state index < -0.39 is 0 Å². The van der Waals surface area contributed by atoms with Gasteiger partial charge in [0.25, 0.3) is 0 Å². The number of nitriles is 1. The zero-order valence-electron chi connectivity index (χ0n) is 18.8. The Bertz CT molecular complexity index is 610. The highest BCUT2D eigenvalue weighted by atomic mass is 16.5. The molecule has 4 aliphatic carbocycles. The molecule has 3 heteroatoms. The molecular weight excluding hydrogens is 346 g/mol. The van der Waals surface area contributed by atoms with Crippen LogP contribution in [-0.4, -0.2) is 18.5 Å². The van der Waals surface area contributed by atoms with Gasteiger partial charge in [0.15, 0.2) is 0 Å². The fraction of sp³-hybridized carbons (Fsp3) is 0.920. The van der Waals surface area contributed by atoms with Crippen molar-refractivity contribution in [2.75, 3.05) is 6.61 Å². The first-order chi connectivity index (χ1) is 13.4. The molecule has 0 spiro atoms. The molecule has 0 aromatic heterocycles. The Morgan fingerprint density at radius 3 is 2.46 bits per heavy atom. The molecule has 8 unspecified atom stereocenters. The maximum Gasteiger partial charge on any atom is 0.137 e. The van der Waals surface area contributed by atoms with Crippen LogP contribution in [0.5, 0.6) is 0 Å². The molecule has 0 heterocycles. The molecule has 3 nitrogen and oxygen atoms in total. The molecule has 0 aromatic rings. The first-order valence-electron chi connectivity index (χ1n) is 12.0. The monoisotopic (exact) mass is 387 g/mol. The summed E-state index contributed by atoms with van der Waals surface area (Å²) in [6.45, 7) is 11.7. The van der Waals surface area contributed by atoms with Crippen LogP contribution in [-0.2, 0) is 9.53 Å². The summed E-state index contributed by atoms with van der Waals surface area (Å²) in [5, 5.41) is 9.63. The van der Waals surface area contributed by atoms with E-state index in [9.17, 15) is 10.1 Å². The number of hydrogen-bond acceptors (Lipinski definition) is 3. The highest BCUT2D eigenvalue weighted by molar-refractivity contribution is 5.84. The van der Waals surface area contributed by atoms with Gasteiger partial charge in [-0.05, 0) is 80.0 Å². The minimum atomic E-state index is -0.0665. The lowest BCUT2D eigenvalue weighted by Crippen LogP contribution is -2.58. The fourth-order valence-electron chi connectivity index (χ4n) is 7.77. The highest BCUT2D eigenvalue weighted by Gasteiger charge is 2.63. The molecule has 8 atom stereocenters. The lowest BCUT2D eigenvalue weighted by atomic mass is 9.44. The number of ether oxygens (including phenoxy) is 1. The van der Waals surface area contributed by atoms with Crippen LogP contribution in [0.1, 0.15) is 92.4 Å². The number of rotatable bonds is 3. The van der Waals surface area contributed by atoms with Crippen molar-refractivity contribution in [3.8, 4) is 6.07 Å². The van der Waals surface area contributed by atoms with Crippen molar-refractivity contribution < 1.29 is 9.53 Å². The maximum absolute atomic E-state index is 13.5. The van der Waals surface area contributed by atoms with Crippen molar-refractivity contribution in [2.24, 2.45) is 40.4 Å². The normalized spacial score (nSPS) is 47.1. The van der Waals surface area contributed by atoms with Gasteiger partial charge in [0.1, 0.15) is 5.78 Å². The van der Waals surface area contributed by atoms with E-state index in [1.165, 1.54) is 25.7 Å². The predicted molar refractivity (Wildman–Crippen MR) is 113 cm³/mol. The SMILES string of the molecule is CC.CCCOC1CCC2CCC3C4CCC(C#N)C4(C)CC(=O)C3C2(C)C1. The third-order valence-electron chi connectivity index (χ3n) is 8.97. The second-order valence-corrected chi connectivity index (χ2v) is 10.2. The molecule has 0 saturated heterocycles. The summed E-state index contributed by atoms with van der Waals surface area (Å²) in [5.74, 6) is 2.53. The van der Waals surface area contributed by atoms with Gasteiger partial charge in [0, 0.05) is 18.9 Å². The van der Waals surface area contributed by atoms with Crippen molar-refractivity contribution in [2.45, 2.75) is 98.5 Å². The lowest BCUT2D eigenvalue weighted by Gasteiger charge is -2.59. The Morgan fingerprint density at radius 1 is 1.07 bits per heavy atom. The summed E-state index contributed by atoms with van der Waals surface area (Å²) >= 11 is 0. The molecule has 4 rings (SSSR count). The van der Waals surface area contributed by atoms with E-state index in [0.29, 0.717) is 36.1 Å². The minimum absolute atomic E-state index is 0.0665. The Kier molecular flexibility index (Phi) is 6.60. The summed E-state index contributed by atoms with van der Waals surface area (Å²) in [4.78, 5) is 13.5. The standard InChI is InChI=1S/C23H35NO2.C2H6/c1-4-11-26-17-8-5-15-6-9-18-19-10-7-16(14-24)22(19,2)13-20(25)21(18)23(15,3)12-17;1-2/h15-19,21H,4-13H2,1-3H3;1-2H3. The van der Waals surface area contributed by atoms with Gasteiger partial charge in [0.05, 0.1) is 18.1 Å². The average Bonchev–Trinajstić information content (AvgIpc) is 3.02. The molecule has 0 N–H and O–H groups in total. The first kappa shape index (κ1) is 21.8. The van der Waals surface area contributed by atoms with Gasteiger partial charge in [0.2, 0.25) is 0 Å². The van der Waals surface area contributed by atoms with Crippen LogP contribution in [0.25, 0.3) is 0 Å². The largest absolute Gasteiger partial charge is 0.378 e. The van der Waals surface area contributed by atoms with Crippen molar-refractivity contribution in [3.63, 3.8) is 0 Å². The topological polar surface area (TPSA) is 50.1 Å². The van der Waals surface area contributed by atoms with Crippen LogP contribution in [0.4, 0.5) is 0 Å². The zero-order chi connectivity index (χ0) is 20.5. The third kappa shape index (κ3) is 3.34. The molecule has 158 valence electrons. The van der Waals surface area contributed by atoms with Gasteiger partial charge in [-0.3, -0.25) is 4.79 Å². The number of nitrogens with zero attached hydrogens (tertiary/aromatic N) is 1. The van der Waals surface area contributed by atoms with Gasteiger partial charge in [-0.2, -0.15) is 5.26 Å². The Hall–Kier alpha value is -0.880. The van der Waals surface area contributed by atoms with Crippen molar-refractivity contribution in [1.29, 1.82) is 5.26 Å². The number of carbonyl (C=O) groups excluding carboxylic acids is 1. The van der Waals surface area contributed by atoms with E-state index in [1.807, 2.05) is 13.8 Å². The minimum Gasteiger partial charge on any atom is -0.378 e. The number of ketones is 1. The number of fused-ring (bicyclic) bond motifs is 5. The van der Waals surface area contributed by atoms with Crippen molar-refractivity contribution in [3.05, 3.63) is 0 Å². The van der Waals surface area contributed by atoms with E-state index >= 15 is 0 Å². The number of Topliss-reactive ketones (excluding diaryl/α,β-unsaturated/α-hetero) is 1. The summed E-state index contributed by atoms with van der Waals surface area (Å²) in [6.07, 6.45) is 10.1. The average molecular weight is 388 g/mol. The van der Waals surface area contributed by atoms with Gasteiger partial charge in [-0.25, -0.2) is 0 Å². The van der Waals surface area contributed by atoms with E-state index in [1.54, 1.807) is 0 Å². The maximum atomic E-state index is 13.5. The van der Waals surface area contributed by atoms with E-state index in [4.69, 9.17) is 4.74 Å². The second kappa shape index (κ2) is 8.47. The summed E-state index contributed by atoms with van der Waals surface area (Å²) in [5.41, 5.74) is 0.0473. The Balaban J connectivity index is 0.00000109. The van der Waals surface area contributed by atoms with E-state index in [2.05, 4.69) is 26.8 Å². The molecule has 4 saturated carbocycles. The number of hydrogen-bond donors (Lipinski definition) is 0. The molecule has 0 bridgehead atoms. The van der Waals surface area contributed by atoms with Gasteiger partial charge in [-0.15, -0.1) is 0 Å². The van der Waals surface area contributed by atoms with Crippen LogP contribution < -0.4 is 0 Å². The second-order valence-electron chi connectivity index (χ2n) is 10.2. The van der Waals surface area contributed by atoms with Crippen molar-refractivity contribution in [1.82, 2.24) is 0 Å².